The third kappa shape index (κ3) is 4.32. The average molecular weight is 322 g/mol. The third-order valence-electron chi connectivity index (χ3n) is 3.02. The molecule has 0 heterocycles. The molecule has 0 unspecified atom stereocenters. The fourth-order valence-corrected chi connectivity index (χ4v) is 1.87. The van der Waals surface area contributed by atoms with Gasteiger partial charge in [0, 0.05) is 18.3 Å². The number of likely N-dealkylation sites (N-methyl/N-ethyl adjacent to an activating group) is 1. The molecule has 2 rings (SSSR count). The Morgan fingerprint density at radius 3 is 2.26 bits per heavy atom. The number of amides is 2. The van der Waals surface area contributed by atoms with E-state index in [0.717, 1.165) is 23.1 Å². The van der Waals surface area contributed by atoms with Crippen LogP contribution in [0.5, 0.6) is 0 Å². The minimum Gasteiger partial charge on any atom is -0.332 e. The zero-order chi connectivity index (χ0) is 17.0. The second kappa shape index (κ2) is 6.95. The first-order valence-electron chi connectivity index (χ1n) is 6.63. The monoisotopic (exact) mass is 322 g/mol. The van der Waals surface area contributed by atoms with Crippen LogP contribution in [-0.4, -0.2) is 30.3 Å². The van der Waals surface area contributed by atoms with Gasteiger partial charge < -0.3 is 10.2 Å². The van der Waals surface area contributed by atoms with Gasteiger partial charge in [-0.15, -0.1) is 0 Å². The van der Waals surface area contributed by atoms with Crippen molar-refractivity contribution in [3.8, 4) is 0 Å². The number of nitrogens with zero attached hydrogens (tertiary/aromatic N) is 1. The van der Waals surface area contributed by atoms with Crippen molar-refractivity contribution >= 4 is 17.5 Å². The van der Waals surface area contributed by atoms with E-state index in [1.165, 1.54) is 31.3 Å². The lowest BCUT2D eigenvalue weighted by atomic mass is 10.2. The molecular formula is C16H13F3N2O2. The van der Waals surface area contributed by atoms with Crippen molar-refractivity contribution in [2.75, 3.05) is 18.9 Å². The summed E-state index contributed by atoms with van der Waals surface area (Å²) >= 11 is 0. The number of nitrogens with one attached hydrogen (secondary N) is 1. The maximum Gasteiger partial charge on any atom is 0.254 e. The van der Waals surface area contributed by atoms with Crippen molar-refractivity contribution in [2.24, 2.45) is 0 Å². The molecule has 0 fully saturated rings. The summed E-state index contributed by atoms with van der Waals surface area (Å²) < 4.78 is 38.7. The van der Waals surface area contributed by atoms with Crippen LogP contribution in [0.25, 0.3) is 0 Å². The minimum absolute atomic E-state index is 0.0685. The number of benzene rings is 2. The molecule has 0 spiro atoms. The summed E-state index contributed by atoms with van der Waals surface area (Å²) in [7, 11) is 1.35. The van der Waals surface area contributed by atoms with E-state index in [1.807, 2.05) is 0 Å². The molecule has 2 aromatic carbocycles. The molecule has 1 N–H and O–H groups in total. The number of anilines is 1. The predicted molar refractivity (Wildman–Crippen MR) is 78.3 cm³/mol. The van der Waals surface area contributed by atoms with E-state index in [1.54, 1.807) is 0 Å². The molecule has 0 bridgehead atoms. The number of hydrogen-bond acceptors (Lipinski definition) is 2. The number of carbonyl (C=O) groups is 2. The zero-order valence-corrected chi connectivity index (χ0v) is 12.1. The Morgan fingerprint density at radius 1 is 1.00 bits per heavy atom. The summed E-state index contributed by atoms with van der Waals surface area (Å²) in [6.07, 6.45) is 0. The Morgan fingerprint density at radius 2 is 1.65 bits per heavy atom. The number of rotatable bonds is 4. The van der Waals surface area contributed by atoms with E-state index in [2.05, 4.69) is 5.32 Å². The second-order valence-electron chi connectivity index (χ2n) is 4.85. The molecule has 0 saturated carbocycles. The molecule has 0 aliphatic carbocycles. The zero-order valence-electron chi connectivity index (χ0n) is 12.1. The Labute approximate surface area is 130 Å². The molecule has 0 radical (unpaired) electrons. The van der Waals surface area contributed by atoms with E-state index < -0.39 is 29.3 Å². The standard InChI is InChI=1S/C16H13F3N2O2/c1-21(16(23)10-2-7-13(18)14(19)8-10)9-15(22)20-12-5-3-11(17)4-6-12/h2-8H,9H2,1H3,(H,20,22). The normalized spacial score (nSPS) is 10.3. The van der Waals surface area contributed by atoms with Gasteiger partial charge in [-0.05, 0) is 42.5 Å². The lowest BCUT2D eigenvalue weighted by molar-refractivity contribution is -0.116. The van der Waals surface area contributed by atoms with Gasteiger partial charge in [0.25, 0.3) is 5.91 Å². The fourth-order valence-electron chi connectivity index (χ4n) is 1.87. The quantitative estimate of drug-likeness (QED) is 0.941. The summed E-state index contributed by atoms with van der Waals surface area (Å²) in [6.45, 7) is -0.296. The summed E-state index contributed by atoms with van der Waals surface area (Å²) in [5.74, 6) is -3.76. The van der Waals surface area contributed by atoms with Crippen LogP contribution in [-0.2, 0) is 4.79 Å². The second-order valence-corrected chi connectivity index (χ2v) is 4.85. The van der Waals surface area contributed by atoms with Gasteiger partial charge in [0.15, 0.2) is 11.6 Å². The van der Waals surface area contributed by atoms with Crippen LogP contribution >= 0.6 is 0 Å². The molecule has 0 atom stereocenters. The summed E-state index contributed by atoms with van der Waals surface area (Å²) in [4.78, 5) is 24.9. The van der Waals surface area contributed by atoms with Crippen molar-refractivity contribution in [1.29, 1.82) is 0 Å². The highest BCUT2D eigenvalue weighted by atomic mass is 19.2. The molecule has 0 aliphatic heterocycles. The number of hydrogen-bond donors (Lipinski definition) is 1. The van der Waals surface area contributed by atoms with E-state index in [0.29, 0.717) is 5.69 Å². The van der Waals surface area contributed by atoms with Crippen molar-refractivity contribution in [3.05, 3.63) is 65.5 Å². The van der Waals surface area contributed by atoms with E-state index in [9.17, 15) is 22.8 Å². The third-order valence-corrected chi connectivity index (χ3v) is 3.02. The summed E-state index contributed by atoms with van der Waals surface area (Å²) in [6, 6.07) is 7.88. The lowest BCUT2D eigenvalue weighted by Crippen LogP contribution is -2.35. The van der Waals surface area contributed by atoms with Crippen LogP contribution in [0.1, 0.15) is 10.4 Å². The SMILES string of the molecule is CN(CC(=O)Nc1ccc(F)cc1)C(=O)c1ccc(F)c(F)c1. The molecule has 23 heavy (non-hydrogen) atoms. The largest absolute Gasteiger partial charge is 0.332 e. The van der Waals surface area contributed by atoms with E-state index in [-0.39, 0.29) is 12.1 Å². The van der Waals surface area contributed by atoms with Crippen molar-refractivity contribution in [3.63, 3.8) is 0 Å². The maximum atomic E-state index is 13.1. The molecular weight excluding hydrogens is 309 g/mol. The Balaban J connectivity index is 1.98. The van der Waals surface area contributed by atoms with Gasteiger partial charge in [-0.3, -0.25) is 9.59 Å². The predicted octanol–water partition coefficient (Wildman–Crippen LogP) is 2.81. The molecule has 2 amide bonds. The van der Waals surface area contributed by atoms with Crippen LogP contribution in [0, 0.1) is 17.5 Å². The topological polar surface area (TPSA) is 49.4 Å². The minimum atomic E-state index is -1.14. The van der Waals surface area contributed by atoms with Crippen LogP contribution in [0.2, 0.25) is 0 Å². The fraction of sp³-hybridized carbons (Fsp3) is 0.125. The van der Waals surface area contributed by atoms with Gasteiger partial charge in [0.1, 0.15) is 5.82 Å². The molecule has 7 heteroatoms. The molecule has 2 aromatic rings. The Bertz CT molecular complexity index is 733. The van der Waals surface area contributed by atoms with Crippen molar-refractivity contribution in [2.45, 2.75) is 0 Å². The summed E-state index contributed by atoms with van der Waals surface area (Å²) in [5.41, 5.74) is 0.311. The maximum absolute atomic E-state index is 13.1. The molecule has 0 aliphatic rings. The van der Waals surface area contributed by atoms with Gasteiger partial charge in [0.05, 0.1) is 6.54 Å². The number of carbonyl (C=O) groups excluding carboxylic acids is 2. The highest BCUT2D eigenvalue weighted by molar-refractivity contribution is 5.99. The van der Waals surface area contributed by atoms with Crippen molar-refractivity contribution < 1.29 is 22.8 Å². The van der Waals surface area contributed by atoms with Gasteiger partial charge in [-0.1, -0.05) is 0 Å². The van der Waals surface area contributed by atoms with Crippen LogP contribution in [0.3, 0.4) is 0 Å². The van der Waals surface area contributed by atoms with Crippen LogP contribution < -0.4 is 5.32 Å². The average Bonchev–Trinajstić information content (AvgIpc) is 2.51. The molecule has 120 valence electrons. The van der Waals surface area contributed by atoms with E-state index >= 15 is 0 Å². The van der Waals surface area contributed by atoms with Crippen LogP contribution in [0.15, 0.2) is 42.5 Å². The van der Waals surface area contributed by atoms with Crippen LogP contribution in [0.4, 0.5) is 18.9 Å². The molecule has 4 nitrogen and oxygen atoms in total. The highest BCUT2D eigenvalue weighted by Crippen LogP contribution is 2.11. The Kier molecular flexibility index (Phi) is 5.00. The smallest absolute Gasteiger partial charge is 0.254 e. The first-order chi connectivity index (χ1) is 10.9. The first-order valence-corrected chi connectivity index (χ1v) is 6.63. The van der Waals surface area contributed by atoms with E-state index in [4.69, 9.17) is 0 Å². The Hall–Kier alpha value is -2.83. The summed E-state index contributed by atoms with van der Waals surface area (Å²) in [5, 5.41) is 2.49. The van der Waals surface area contributed by atoms with Gasteiger partial charge >= 0.3 is 0 Å². The highest BCUT2D eigenvalue weighted by Gasteiger charge is 2.16. The molecule has 0 saturated heterocycles. The van der Waals surface area contributed by atoms with Crippen molar-refractivity contribution in [1.82, 2.24) is 4.90 Å². The lowest BCUT2D eigenvalue weighted by Gasteiger charge is -2.17. The van der Waals surface area contributed by atoms with Gasteiger partial charge in [-0.2, -0.15) is 0 Å². The number of halogens is 3. The van der Waals surface area contributed by atoms with Gasteiger partial charge in [0.2, 0.25) is 5.91 Å². The van der Waals surface area contributed by atoms with Gasteiger partial charge in [-0.25, -0.2) is 13.2 Å². The molecule has 0 aromatic heterocycles. The first kappa shape index (κ1) is 16.5.